The Morgan fingerprint density at radius 1 is 0.960 bits per heavy atom. The first-order valence-electron chi connectivity index (χ1n) is 7.51. The van der Waals surface area contributed by atoms with Gasteiger partial charge in [0.1, 0.15) is 24.9 Å². The molecule has 0 aliphatic carbocycles. The van der Waals surface area contributed by atoms with Gasteiger partial charge in [-0.25, -0.2) is 0 Å². The lowest BCUT2D eigenvalue weighted by Gasteiger charge is -2.43. The first-order valence-corrected chi connectivity index (χ1v) is 7.51. The summed E-state index contributed by atoms with van der Waals surface area (Å²) < 4.78 is 20.7. The Balaban J connectivity index is 3.20. The van der Waals surface area contributed by atoms with Crippen LogP contribution in [0.15, 0.2) is 0 Å². The predicted molar refractivity (Wildman–Crippen MR) is 80.1 cm³/mol. The van der Waals surface area contributed by atoms with Crippen LogP contribution in [-0.2, 0) is 42.9 Å². The average Bonchev–Trinajstić information content (AvgIpc) is 2.48. The summed E-state index contributed by atoms with van der Waals surface area (Å²) in [6.07, 6.45) is -4.22. The first-order chi connectivity index (χ1) is 11.6. The summed E-state index contributed by atoms with van der Waals surface area (Å²) in [5.41, 5.74) is 0. The predicted octanol–water partition coefficient (Wildman–Crippen LogP) is -1.12. The topological polar surface area (TPSA) is 134 Å². The molecule has 0 radical (unpaired) electrons. The third-order valence-electron chi connectivity index (χ3n) is 3.29. The van der Waals surface area contributed by atoms with Crippen molar-refractivity contribution in [1.82, 2.24) is 5.32 Å². The highest BCUT2D eigenvalue weighted by molar-refractivity contribution is 5.75. The standard InChI is InChI=1S/C15H21NO9/c1-7(18)16-13-11(5-17)25-12(6-22-8(2)19)14(23-9(3)20)15(13)24-10(4)21/h5,11-15H,6H2,1-4H3,(H,16,18)/t11-,12+,13+,14-,15?/m0/s1. The van der Waals surface area contributed by atoms with E-state index >= 15 is 0 Å². The van der Waals surface area contributed by atoms with Crippen molar-refractivity contribution in [2.45, 2.75) is 58.2 Å². The van der Waals surface area contributed by atoms with E-state index in [-0.39, 0.29) is 6.61 Å². The molecule has 1 aliphatic heterocycles. The molecule has 0 aromatic rings. The van der Waals surface area contributed by atoms with Gasteiger partial charge in [0.05, 0.1) is 0 Å². The van der Waals surface area contributed by atoms with Crippen LogP contribution in [-0.4, -0.2) is 67.2 Å². The molecule has 0 aromatic heterocycles. The van der Waals surface area contributed by atoms with E-state index < -0.39 is 54.3 Å². The largest absolute Gasteiger partial charge is 0.463 e. The quantitative estimate of drug-likeness (QED) is 0.355. The smallest absolute Gasteiger partial charge is 0.303 e. The number of esters is 3. The second kappa shape index (κ2) is 9.11. The maximum absolute atomic E-state index is 11.5. The van der Waals surface area contributed by atoms with Gasteiger partial charge in [-0.1, -0.05) is 0 Å². The van der Waals surface area contributed by atoms with Gasteiger partial charge in [-0.3, -0.25) is 19.2 Å². The minimum Gasteiger partial charge on any atom is -0.463 e. The zero-order valence-corrected chi connectivity index (χ0v) is 14.3. The molecule has 0 saturated carbocycles. The summed E-state index contributed by atoms with van der Waals surface area (Å²) in [6.45, 7) is 4.31. The van der Waals surface area contributed by atoms with Crippen molar-refractivity contribution in [3.05, 3.63) is 0 Å². The molecule has 0 spiro atoms. The van der Waals surface area contributed by atoms with Crippen molar-refractivity contribution in [3.8, 4) is 0 Å². The number of rotatable bonds is 6. The zero-order valence-electron chi connectivity index (χ0n) is 14.3. The van der Waals surface area contributed by atoms with Gasteiger partial charge in [-0.05, 0) is 0 Å². The van der Waals surface area contributed by atoms with Gasteiger partial charge in [0.15, 0.2) is 18.5 Å². The molecule has 1 aliphatic rings. The third kappa shape index (κ3) is 6.14. The summed E-state index contributed by atoms with van der Waals surface area (Å²) in [4.78, 5) is 56.7. The van der Waals surface area contributed by atoms with Crippen LogP contribution in [0, 0.1) is 0 Å². The monoisotopic (exact) mass is 359 g/mol. The van der Waals surface area contributed by atoms with Crippen molar-refractivity contribution < 1.29 is 42.9 Å². The molecule has 1 N–H and O–H groups in total. The summed E-state index contributed by atoms with van der Waals surface area (Å²) in [6, 6.07) is -1.07. The fourth-order valence-electron chi connectivity index (χ4n) is 2.48. The molecular weight excluding hydrogens is 338 g/mol. The third-order valence-corrected chi connectivity index (χ3v) is 3.29. The van der Waals surface area contributed by atoms with Crippen LogP contribution in [0.5, 0.6) is 0 Å². The van der Waals surface area contributed by atoms with Gasteiger partial charge in [0.25, 0.3) is 0 Å². The van der Waals surface area contributed by atoms with Crippen LogP contribution >= 0.6 is 0 Å². The van der Waals surface area contributed by atoms with Gasteiger partial charge < -0.3 is 29.1 Å². The molecule has 140 valence electrons. The summed E-state index contributed by atoms with van der Waals surface area (Å²) in [5.74, 6) is -2.53. The number of carbonyl (C=O) groups is 5. The summed E-state index contributed by atoms with van der Waals surface area (Å²) in [5, 5.41) is 2.46. The van der Waals surface area contributed by atoms with Gasteiger partial charge in [-0.2, -0.15) is 0 Å². The molecule has 1 heterocycles. The Morgan fingerprint density at radius 3 is 1.96 bits per heavy atom. The molecule has 5 atom stereocenters. The average molecular weight is 359 g/mol. The second-order valence-electron chi connectivity index (χ2n) is 5.45. The van der Waals surface area contributed by atoms with Crippen LogP contribution < -0.4 is 5.32 Å². The molecule has 0 aromatic carbocycles. The number of nitrogens with one attached hydrogen (secondary N) is 1. The molecule has 1 amide bonds. The minimum atomic E-state index is -1.20. The van der Waals surface area contributed by atoms with E-state index in [2.05, 4.69) is 5.32 Å². The number of amides is 1. The Morgan fingerprint density at radius 2 is 1.52 bits per heavy atom. The Labute approximate surface area is 144 Å². The van der Waals surface area contributed by atoms with Crippen LogP contribution in [0.25, 0.3) is 0 Å². The fourth-order valence-corrected chi connectivity index (χ4v) is 2.48. The molecule has 1 saturated heterocycles. The van der Waals surface area contributed by atoms with Crippen molar-refractivity contribution in [3.63, 3.8) is 0 Å². The van der Waals surface area contributed by atoms with Crippen molar-refractivity contribution >= 4 is 30.1 Å². The lowest BCUT2D eigenvalue weighted by molar-refractivity contribution is -0.219. The van der Waals surface area contributed by atoms with Crippen LogP contribution in [0.2, 0.25) is 0 Å². The Bertz CT molecular complexity index is 547. The molecule has 1 fully saturated rings. The maximum atomic E-state index is 11.5. The second-order valence-corrected chi connectivity index (χ2v) is 5.45. The highest BCUT2D eigenvalue weighted by atomic mass is 16.6. The van der Waals surface area contributed by atoms with E-state index in [1.165, 1.54) is 13.8 Å². The highest BCUT2D eigenvalue weighted by Crippen LogP contribution is 2.26. The van der Waals surface area contributed by atoms with Crippen molar-refractivity contribution in [1.29, 1.82) is 0 Å². The number of hydrogen-bond acceptors (Lipinski definition) is 9. The van der Waals surface area contributed by atoms with Gasteiger partial charge in [0, 0.05) is 27.7 Å². The Kier molecular flexibility index (Phi) is 7.49. The number of hydrogen-bond donors (Lipinski definition) is 1. The summed E-state index contributed by atoms with van der Waals surface area (Å²) in [7, 11) is 0. The molecule has 10 heteroatoms. The van der Waals surface area contributed by atoms with E-state index in [0.29, 0.717) is 6.29 Å². The van der Waals surface area contributed by atoms with Gasteiger partial charge in [-0.15, -0.1) is 0 Å². The number of aldehydes is 1. The molecule has 25 heavy (non-hydrogen) atoms. The lowest BCUT2D eigenvalue weighted by Crippen LogP contribution is -2.66. The molecule has 10 nitrogen and oxygen atoms in total. The van der Waals surface area contributed by atoms with E-state index in [0.717, 1.165) is 13.8 Å². The maximum Gasteiger partial charge on any atom is 0.303 e. The number of ether oxygens (including phenoxy) is 4. The molecule has 1 unspecified atom stereocenters. The van der Waals surface area contributed by atoms with Crippen molar-refractivity contribution in [2.24, 2.45) is 0 Å². The van der Waals surface area contributed by atoms with E-state index in [1.807, 2.05) is 0 Å². The SMILES string of the molecule is CC(=O)N[C@H]1C(OC(C)=O)[C@@H](OC(C)=O)[C@@H](COC(C)=O)O[C@H]1C=O. The molecular formula is C15H21NO9. The fraction of sp³-hybridized carbons (Fsp3) is 0.667. The van der Waals surface area contributed by atoms with E-state index in [1.54, 1.807) is 0 Å². The van der Waals surface area contributed by atoms with Gasteiger partial charge >= 0.3 is 17.9 Å². The van der Waals surface area contributed by atoms with E-state index in [9.17, 15) is 24.0 Å². The summed E-state index contributed by atoms with van der Waals surface area (Å²) >= 11 is 0. The normalized spacial score (nSPS) is 28.4. The minimum absolute atomic E-state index is 0.331. The van der Waals surface area contributed by atoms with Crippen molar-refractivity contribution in [2.75, 3.05) is 6.61 Å². The Hall–Kier alpha value is -2.49. The zero-order chi connectivity index (χ0) is 19.1. The molecule has 0 bridgehead atoms. The molecule has 1 rings (SSSR count). The van der Waals surface area contributed by atoms with Crippen LogP contribution in [0.1, 0.15) is 27.7 Å². The first kappa shape index (κ1) is 20.6. The van der Waals surface area contributed by atoms with Gasteiger partial charge in [0.2, 0.25) is 5.91 Å². The van der Waals surface area contributed by atoms with Crippen LogP contribution in [0.4, 0.5) is 0 Å². The lowest BCUT2D eigenvalue weighted by atomic mass is 9.92. The highest BCUT2D eigenvalue weighted by Gasteiger charge is 2.50. The van der Waals surface area contributed by atoms with Crippen LogP contribution in [0.3, 0.4) is 0 Å². The van der Waals surface area contributed by atoms with E-state index in [4.69, 9.17) is 18.9 Å². The number of carbonyl (C=O) groups excluding carboxylic acids is 5.